The van der Waals surface area contributed by atoms with Gasteiger partial charge in [0.25, 0.3) is 0 Å². The summed E-state index contributed by atoms with van der Waals surface area (Å²) >= 11 is 1.25. The smallest absolute Gasteiger partial charge is 0.187 e. The molecule has 2 heterocycles. The maximum atomic E-state index is 14.0. The van der Waals surface area contributed by atoms with Crippen molar-refractivity contribution in [3.8, 4) is 5.75 Å². The number of ether oxygens (including phenoxy) is 1. The first kappa shape index (κ1) is 25.2. The number of hydrogen-bond acceptors (Lipinski definition) is 5. The molecular weight excluding hydrogens is 493 g/mol. The van der Waals surface area contributed by atoms with Crippen molar-refractivity contribution in [3.05, 3.63) is 82.5 Å². The lowest BCUT2D eigenvalue weighted by molar-refractivity contribution is 0.164. The number of benzene rings is 2. The van der Waals surface area contributed by atoms with E-state index in [9.17, 15) is 12.8 Å². The Morgan fingerprint density at radius 1 is 1.12 bits per heavy atom. The molecule has 3 aromatic rings. The minimum absolute atomic E-state index is 0. The minimum Gasteiger partial charge on any atom is -0.494 e. The highest BCUT2D eigenvalue weighted by Crippen LogP contribution is 2.53. The van der Waals surface area contributed by atoms with Crippen LogP contribution in [-0.2, 0) is 21.7 Å². The topological polar surface area (TPSA) is 55.4 Å². The maximum Gasteiger partial charge on any atom is 0.187 e. The molecule has 2 aliphatic rings. The number of thiophene rings is 1. The van der Waals surface area contributed by atoms with Gasteiger partial charge in [0, 0.05) is 11.5 Å². The van der Waals surface area contributed by atoms with Crippen LogP contribution in [0.25, 0.3) is 0 Å². The molecular formula is C26H29ClFNO3S2. The molecule has 0 amide bonds. The van der Waals surface area contributed by atoms with Crippen molar-refractivity contribution in [2.45, 2.75) is 47.8 Å². The van der Waals surface area contributed by atoms with Crippen LogP contribution >= 0.6 is 23.7 Å². The lowest BCUT2D eigenvalue weighted by Crippen LogP contribution is -2.49. The second-order valence-electron chi connectivity index (χ2n) is 8.97. The molecule has 1 atom stereocenters. The lowest BCUT2D eigenvalue weighted by Gasteiger charge is -2.50. The van der Waals surface area contributed by atoms with Gasteiger partial charge in [-0.2, -0.15) is 0 Å². The SMILES string of the molecule is Cl.O=S(=O)(CCCOc1ccc2c(c1)C(C1(c3cccc(F)c3)CCC1)NCC2)c1cccs1. The summed E-state index contributed by atoms with van der Waals surface area (Å²) in [5.74, 6) is 0.639. The predicted octanol–water partition coefficient (Wildman–Crippen LogP) is 5.86. The molecule has 8 heteroatoms. The zero-order valence-corrected chi connectivity index (χ0v) is 21.3. The van der Waals surface area contributed by atoms with Gasteiger partial charge in [0.1, 0.15) is 15.8 Å². The van der Waals surface area contributed by atoms with Gasteiger partial charge in [-0.05, 0) is 84.6 Å². The van der Waals surface area contributed by atoms with E-state index in [0.29, 0.717) is 17.2 Å². The van der Waals surface area contributed by atoms with Crippen LogP contribution in [0.3, 0.4) is 0 Å². The maximum absolute atomic E-state index is 14.0. The van der Waals surface area contributed by atoms with Gasteiger partial charge in [0.05, 0.1) is 12.4 Å². The quantitative estimate of drug-likeness (QED) is 0.377. The first-order chi connectivity index (χ1) is 16.0. The van der Waals surface area contributed by atoms with Crippen molar-refractivity contribution in [2.75, 3.05) is 18.9 Å². The van der Waals surface area contributed by atoms with Crippen LogP contribution in [0.2, 0.25) is 0 Å². The molecule has 1 aliphatic heterocycles. The summed E-state index contributed by atoms with van der Waals surface area (Å²) in [5.41, 5.74) is 3.47. The molecule has 1 aliphatic carbocycles. The van der Waals surface area contributed by atoms with Crippen LogP contribution in [0.5, 0.6) is 5.75 Å². The van der Waals surface area contributed by atoms with Gasteiger partial charge in [-0.3, -0.25) is 0 Å². The Hall–Kier alpha value is -1.93. The molecule has 0 radical (unpaired) electrons. The van der Waals surface area contributed by atoms with E-state index in [1.54, 1.807) is 29.6 Å². The van der Waals surface area contributed by atoms with Gasteiger partial charge < -0.3 is 10.1 Å². The number of hydrogen-bond donors (Lipinski definition) is 1. The van der Waals surface area contributed by atoms with Crippen molar-refractivity contribution in [1.29, 1.82) is 0 Å². The van der Waals surface area contributed by atoms with Crippen molar-refractivity contribution in [1.82, 2.24) is 5.32 Å². The first-order valence-electron chi connectivity index (χ1n) is 11.5. The fraction of sp³-hybridized carbons (Fsp3) is 0.385. The molecule has 1 fully saturated rings. The van der Waals surface area contributed by atoms with Crippen LogP contribution in [-0.4, -0.2) is 27.3 Å². The number of rotatable bonds is 8. The Labute approximate surface area is 210 Å². The molecule has 0 saturated heterocycles. The van der Waals surface area contributed by atoms with Crippen molar-refractivity contribution < 1.29 is 17.5 Å². The summed E-state index contributed by atoms with van der Waals surface area (Å²) in [6.45, 7) is 1.24. The average Bonchev–Trinajstić information content (AvgIpc) is 3.32. The molecule has 34 heavy (non-hydrogen) atoms. The molecule has 182 valence electrons. The Morgan fingerprint density at radius 3 is 2.68 bits per heavy atom. The van der Waals surface area contributed by atoms with Gasteiger partial charge in [-0.15, -0.1) is 23.7 Å². The van der Waals surface area contributed by atoms with Crippen molar-refractivity contribution in [2.24, 2.45) is 0 Å². The van der Waals surface area contributed by atoms with Gasteiger partial charge >= 0.3 is 0 Å². The third-order valence-corrected chi connectivity index (χ3v) is 10.3. The standard InChI is InChI=1S/C26H28FNO3S2.ClH/c27-21-6-1-5-20(17-21)26(11-3-12-26)25-23-18-22(9-8-19(23)10-13-28-25)31-14-4-16-33(29,30)24-7-2-15-32-24;/h1-2,5-9,15,17-18,25,28H,3-4,10-14,16H2;1H. The molecule has 2 aromatic carbocycles. The minimum atomic E-state index is -3.25. The zero-order chi connectivity index (χ0) is 22.9. The van der Waals surface area contributed by atoms with Crippen LogP contribution in [0.4, 0.5) is 4.39 Å². The molecule has 0 bridgehead atoms. The van der Waals surface area contributed by atoms with E-state index < -0.39 is 9.84 Å². The highest BCUT2D eigenvalue weighted by atomic mass is 35.5. The van der Waals surface area contributed by atoms with Crippen molar-refractivity contribution in [3.63, 3.8) is 0 Å². The van der Waals surface area contributed by atoms with E-state index >= 15 is 0 Å². The summed E-state index contributed by atoms with van der Waals surface area (Å²) in [5, 5.41) is 5.49. The highest BCUT2D eigenvalue weighted by molar-refractivity contribution is 7.93. The van der Waals surface area contributed by atoms with E-state index in [4.69, 9.17) is 4.74 Å². The normalized spacial score (nSPS) is 18.9. The second kappa shape index (κ2) is 10.4. The number of halogens is 2. The Kier molecular flexibility index (Phi) is 7.67. The summed E-state index contributed by atoms with van der Waals surface area (Å²) in [6, 6.07) is 16.7. The summed E-state index contributed by atoms with van der Waals surface area (Å²) in [4.78, 5) is 0. The molecule has 1 unspecified atom stereocenters. The molecule has 1 aromatic heterocycles. The highest BCUT2D eigenvalue weighted by Gasteiger charge is 2.47. The molecule has 4 nitrogen and oxygen atoms in total. The van der Waals surface area contributed by atoms with Crippen LogP contribution < -0.4 is 10.1 Å². The Balaban J connectivity index is 0.00000274. The van der Waals surface area contributed by atoms with Gasteiger partial charge in [0.2, 0.25) is 0 Å². The molecule has 1 N–H and O–H groups in total. The largest absolute Gasteiger partial charge is 0.494 e. The third kappa shape index (κ3) is 4.89. The summed E-state index contributed by atoms with van der Waals surface area (Å²) < 4.78 is 45.2. The van der Waals surface area contributed by atoms with Gasteiger partial charge in [-0.1, -0.05) is 30.7 Å². The van der Waals surface area contributed by atoms with E-state index in [1.807, 2.05) is 12.1 Å². The fourth-order valence-electron chi connectivity index (χ4n) is 5.19. The Morgan fingerprint density at radius 2 is 1.97 bits per heavy atom. The van der Waals surface area contributed by atoms with E-state index in [-0.39, 0.29) is 35.4 Å². The average molecular weight is 522 g/mol. The number of sulfone groups is 1. The van der Waals surface area contributed by atoms with E-state index in [2.05, 4.69) is 17.4 Å². The van der Waals surface area contributed by atoms with Crippen LogP contribution in [0.15, 0.2) is 64.2 Å². The van der Waals surface area contributed by atoms with Gasteiger partial charge in [0.15, 0.2) is 9.84 Å². The first-order valence-corrected chi connectivity index (χ1v) is 14.0. The lowest BCUT2D eigenvalue weighted by atomic mass is 9.58. The number of fused-ring (bicyclic) bond motifs is 1. The summed E-state index contributed by atoms with van der Waals surface area (Å²) in [7, 11) is -3.25. The van der Waals surface area contributed by atoms with Crippen LogP contribution in [0.1, 0.15) is 48.4 Å². The van der Waals surface area contributed by atoms with Crippen LogP contribution in [0, 0.1) is 5.82 Å². The second-order valence-corrected chi connectivity index (χ2v) is 12.3. The summed E-state index contributed by atoms with van der Waals surface area (Å²) in [6.07, 6.45) is 4.58. The zero-order valence-electron chi connectivity index (χ0n) is 18.8. The predicted molar refractivity (Wildman–Crippen MR) is 137 cm³/mol. The third-order valence-electron chi connectivity index (χ3n) is 7.00. The molecule has 1 saturated carbocycles. The molecule has 0 spiro atoms. The van der Waals surface area contributed by atoms with E-state index in [0.717, 1.165) is 43.5 Å². The van der Waals surface area contributed by atoms with Gasteiger partial charge in [-0.25, -0.2) is 12.8 Å². The van der Waals surface area contributed by atoms with E-state index in [1.165, 1.54) is 28.5 Å². The fourth-order valence-corrected chi connectivity index (χ4v) is 7.63. The number of nitrogens with one attached hydrogen (secondary N) is 1. The monoisotopic (exact) mass is 521 g/mol. The van der Waals surface area contributed by atoms with Crippen molar-refractivity contribution >= 4 is 33.6 Å². The molecule has 5 rings (SSSR count). The Bertz CT molecular complexity index is 1230.